The largest absolute Gasteiger partial charge is 0.314 e. The molecule has 0 N–H and O–H groups in total. The third kappa shape index (κ3) is 5.12. The van der Waals surface area contributed by atoms with Crippen LogP contribution in [-0.2, 0) is 11.8 Å². The van der Waals surface area contributed by atoms with E-state index in [0.717, 1.165) is 25.7 Å². The maximum Gasteiger partial charge on any atom is 0.0539 e. The number of para-hydroxylation sites is 1. The Morgan fingerprint density at radius 2 is 1.27 bits per heavy atom. The smallest absolute Gasteiger partial charge is 0.0539 e. The molecule has 2 heteroatoms. The van der Waals surface area contributed by atoms with Crippen LogP contribution in [0.3, 0.4) is 0 Å². The molecule has 0 aromatic heterocycles. The van der Waals surface area contributed by atoms with Crippen LogP contribution in [0.15, 0.2) is 212 Å². The summed E-state index contributed by atoms with van der Waals surface area (Å²) in [7, 11) is 0. The van der Waals surface area contributed by atoms with Gasteiger partial charge in [0.25, 0.3) is 0 Å². The lowest BCUT2D eigenvalue weighted by Crippen LogP contribution is -2.35. The van der Waals surface area contributed by atoms with Crippen molar-refractivity contribution in [3.8, 4) is 11.1 Å². The standard InChI is InChI=1S/C57H44N2/c1-3-21-41(22-4-1)58(55-31-15-19-39-17-7-9-25-45(39)55)43-33-35-49-50-36-34-44(59(42-23-5-2-6-24-42)56-32-16-20-40-18-8-10-26-46(40)56)38-54(50)57(53(49)37-43)51-29-13-11-27-47(51)48-28-12-14-30-52(48)57/h1-5,8-16,18-23,25-38,50,54H,6-7,17,24H2. The number of rotatable bonds is 6. The Kier molecular flexibility index (Phi) is 7.88. The summed E-state index contributed by atoms with van der Waals surface area (Å²) in [5.41, 5.74) is 18.0. The highest BCUT2D eigenvalue weighted by Gasteiger charge is 2.57. The van der Waals surface area contributed by atoms with Crippen LogP contribution < -0.4 is 9.80 Å². The second kappa shape index (κ2) is 13.6. The fourth-order valence-corrected chi connectivity index (χ4v) is 11.2. The van der Waals surface area contributed by atoms with Crippen LogP contribution >= 0.6 is 0 Å². The van der Waals surface area contributed by atoms with E-state index >= 15 is 0 Å². The van der Waals surface area contributed by atoms with E-state index in [4.69, 9.17) is 0 Å². The minimum absolute atomic E-state index is 0.146. The number of hydrogen-bond acceptors (Lipinski definition) is 2. The average Bonchev–Trinajstić information content (AvgIpc) is 3.77. The zero-order chi connectivity index (χ0) is 38.9. The monoisotopic (exact) mass is 756 g/mol. The van der Waals surface area contributed by atoms with E-state index in [1.165, 1.54) is 89.4 Å². The van der Waals surface area contributed by atoms with E-state index in [-0.39, 0.29) is 11.8 Å². The van der Waals surface area contributed by atoms with Crippen LogP contribution in [0.5, 0.6) is 0 Å². The quantitative estimate of drug-likeness (QED) is 0.167. The maximum absolute atomic E-state index is 2.65. The lowest BCUT2D eigenvalue weighted by atomic mass is 9.65. The molecule has 0 heterocycles. The van der Waals surface area contributed by atoms with Crippen molar-refractivity contribution in [3.05, 3.63) is 245 Å². The molecule has 7 aromatic carbocycles. The van der Waals surface area contributed by atoms with Crippen LogP contribution in [0.25, 0.3) is 28.0 Å². The van der Waals surface area contributed by atoms with Crippen molar-refractivity contribution in [3.63, 3.8) is 0 Å². The van der Waals surface area contributed by atoms with E-state index in [0.29, 0.717) is 0 Å². The van der Waals surface area contributed by atoms with Gasteiger partial charge in [0.15, 0.2) is 0 Å². The Labute approximate surface area is 347 Å². The first-order chi connectivity index (χ1) is 29.3. The molecule has 2 unspecified atom stereocenters. The van der Waals surface area contributed by atoms with Gasteiger partial charge in [-0.05, 0) is 119 Å². The highest BCUT2D eigenvalue weighted by Crippen LogP contribution is 2.66. The Hall–Kier alpha value is -6.90. The van der Waals surface area contributed by atoms with Crippen molar-refractivity contribution >= 4 is 39.6 Å². The van der Waals surface area contributed by atoms with Gasteiger partial charge in [-0.25, -0.2) is 0 Å². The van der Waals surface area contributed by atoms with Crippen LogP contribution in [-0.4, -0.2) is 0 Å². The van der Waals surface area contributed by atoms with Gasteiger partial charge in [0, 0.05) is 45.6 Å². The lowest BCUT2D eigenvalue weighted by molar-refractivity contribution is 0.462. The molecule has 0 radical (unpaired) electrons. The average molecular weight is 757 g/mol. The third-order valence-corrected chi connectivity index (χ3v) is 13.6. The molecular formula is C57H44N2. The lowest BCUT2D eigenvalue weighted by Gasteiger charge is -2.39. The molecule has 12 rings (SSSR count). The Balaban J connectivity index is 1.11. The second-order valence-electron chi connectivity index (χ2n) is 16.6. The molecule has 0 saturated carbocycles. The first-order valence-electron chi connectivity index (χ1n) is 21.3. The first kappa shape index (κ1) is 34.2. The van der Waals surface area contributed by atoms with Gasteiger partial charge < -0.3 is 9.80 Å². The van der Waals surface area contributed by atoms with Crippen LogP contribution in [0, 0.1) is 5.92 Å². The molecule has 0 aliphatic heterocycles. The summed E-state index contributed by atoms with van der Waals surface area (Å²) in [6.07, 6.45) is 23.3. The number of allylic oxidation sites excluding steroid dienone is 8. The van der Waals surface area contributed by atoms with Gasteiger partial charge >= 0.3 is 0 Å². The number of anilines is 4. The minimum Gasteiger partial charge on any atom is -0.314 e. The van der Waals surface area contributed by atoms with Gasteiger partial charge in [-0.15, -0.1) is 0 Å². The van der Waals surface area contributed by atoms with Crippen LogP contribution in [0.2, 0.25) is 0 Å². The van der Waals surface area contributed by atoms with Crippen molar-refractivity contribution in [2.24, 2.45) is 5.92 Å². The normalized spacial score (nSPS) is 18.7. The summed E-state index contributed by atoms with van der Waals surface area (Å²) in [6.45, 7) is 0. The van der Waals surface area contributed by atoms with Gasteiger partial charge in [-0.1, -0.05) is 158 Å². The predicted octanol–water partition coefficient (Wildman–Crippen LogP) is 14.5. The predicted molar refractivity (Wildman–Crippen MR) is 247 cm³/mol. The Bertz CT molecular complexity index is 2930. The Morgan fingerprint density at radius 1 is 0.542 bits per heavy atom. The van der Waals surface area contributed by atoms with E-state index in [9.17, 15) is 0 Å². The van der Waals surface area contributed by atoms with E-state index in [1.807, 2.05) is 0 Å². The van der Waals surface area contributed by atoms with Gasteiger partial charge in [-0.3, -0.25) is 0 Å². The zero-order valence-electron chi connectivity index (χ0n) is 33.0. The molecule has 2 nitrogen and oxygen atoms in total. The van der Waals surface area contributed by atoms with Gasteiger partial charge in [0.05, 0.1) is 16.8 Å². The molecule has 5 aliphatic rings. The van der Waals surface area contributed by atoms with E-state index in [2.05, 4.69) is 216 Å². The van der Waals surface area contributed by atoms with E-state index < -0.39 is 5.41 Å². The molecule has 7 aromatic rings. The topological polar surface area (TPSA) is 6.48 Å². The summed E-state index contributed by atoms with van der Waals surface area (Å²) in [6, 6.07) is 59.3. The molecular weight excluding hydrogens is 713 g/mol. The summed E-state index contributed by atoms with van der Waals surface area (Å²) >= 11 is 0. The van der Waals surface area contributed by atoms with Gasteiger partial charge in [0.1, 0.15) is 0 Å². The number of benzene rings is 7. The van der Waals surface area contributed by atoms with Crippen molar-refractivity contribution in [2.45, 2.75) is 37.0 Å². The van der Waals surface area contributed by atoms with Gasteiger partial charge in [0.2, 0.25) is 0 Å². The zero-order valence-corrected chi connectivity index (χ0v) is 33.0. The van der Waals surface area contributed by atoms with Crippen molar-refractivity contribution in [2.75, 3.05) is 9.80 Å². The molecule has 2 atom stereocenters. The van der Waals surface area contributed by atoms with Gasteiger partial charge in [-0.2, -0.15) is 0 Å². The number of aryl methyl sites for hydroxylation is 1. The van der Waals surface area contributed by atoms with Crippen molar-refractivity contribution < 1.29 is 0 Å². The van der Waals surface area contributed by atoms with E-state index in [1.54, 1.807) is 0 Å². The molecule has 0 saturated heterocycles. The summed E-state index contributed by atoms with van der Waals surface area (Å²) in [5, 5.41) is 2.53. The molecule has 0 bridgehead atoms. The summed E-state index contributed by atoms with van der Waals surface area (Å²) < 4.78 is 0. The summed E-state index contributed by atoms with van der Waals surface area (Å²) in [5.74, 6) is 0.349. The fraction of sp³-hybridized carbons (Fsp3) is 0.123. The number of hydrogen-bond donors (Lipinski definition) is 0. The SMILES string of the molecule is C1=CCCC(N(C2=CC3C(C=C2)c2ccc(N(c4ccccc4)c4cccc5c4C=CCC5)cc2C32c3ccccc3-c3ccccc32)c2cccc3ccccc23)=C1. The molecule has 5 aliphatic carbocycles. The molecule has 59 heavy (non-hydrogen) atoms. The maximum atomic E-state index is 2.65. The highest BCUT2D eigenvalue weighted by molar-refractivity contribution is 5.96. The molecule has 1 spiro atoms. The molecule has 0 amide bonds. The minimum atomic E-state index is -0.400. The fourth-order valence-electron chi connectivity index (χ4n) is 11.2. The first-order valence-corrected chi connectivity index (χ1v) is 21.3. The summed E-state index contributed by atoms with van der Waals surface area (Å²) in [4.78, 5) is 5.07. The van der Waals surface area contributed by atoms with Crippen LogP contribution in [0.1, 0.15) is 58.6 Å². The Morgan fingerprint density at radius 3 is 2.10 bits per heavy atom. The second-order valence-corrected chi connectivity index (χ2v) is 16.6. The number of nitrogens with zero attached hydrogens (tertiary/aromatic N) is 2. The highest BCUT2D eigenvalue weighted by atomic mass is 15.2. The number of fused-ring (bicyclic) bond motifs is 12. The van der Waals surface area contributed by atoms with Crippen molar-refractivity contribution in [1.82, 2.24) is 0 Å². The third-order valence-electron chi connectivity index (χ3n) is 13.6. The molecule has 282 valence electrons. The molecule has 0 fully saturated rings. The van der Waals surface area contributed by atoms with Crippen LogP contribution in [0.4, 0.5) is 22.7 Å². The van der Waals surface area contributed by atoms with Crippen molar-refractivity contribution in [1.29, 1.82) is 0 Å².